The van der Waals surface area contributed by atoms with Crippen molar-refractivity contribution in [3.8, 4) is 16.9 Å². The van der Waals surface area contributed by atoms with Crippen LogP contribution in [0.5, 0.6) is 5.75 Å². The molecule has 1 amide bonds. The Balaban J connectivity index is 1.64. The number of aromatic nitrogens is 3. The van der Waals surface area contributed by atoms with Crippen molar-refractivity contribution in [2.45, 2.75) is 13.0 Å². The number of nitrogens with zero attached hydrogens (tertiary/aromatic N) is 2. The average Bonchev–Trinajstić information content (AvgIpc) is 3.01. The number of carbonyl (C=O) groups is 1. The molecule has 0 saturated heterocycles. The second-order valence-electron chi connectivity index (χ2n) is 5.16. The zero-order chi connectivity index (χ0) is 16.9. The highest BCUT2D eigenvalue weighted by Gasteiger charge is 2.15. The van der Waals surface area contributed by atoms with E-state index < -0.39 is 6.10 Å². The summed E-state index contributed by atoms with van der Waals surface area (Å²) in [6.45, 7) is 1.67. The molecule has 0 aliphatic carbocycles. The van der Waals surface area contributed by atoms with Crippen LogP contribution in [0.25, 0.3) is 11.1 Å². The van der Waals surface area contributed by atoms with Gasteiger partial charge in [-0.05, 0) is 42.4 Å². The molecule has 3 aromatic rings. The van der Waals surface area contributed by atoms with E-state index >= 15 is 0 Å². The lowest BCUT2D eigenvalue weighted by Gasteiger charge is -2.15. The van der Waals surface area contributed by atoms with Crippen molar-refractivity contribution in [1.29, 1.82) is 0 Å². The second kappa shape index (κ2) is 7.10. The number of amides is 1. The molecule has 3 rings (SSSR count). The molecule has 122 valence electrons. The smallest absolute Gasteiger partial charge is 0.279 e. The summed E-state index contributed by atoms with van der Waals surface area (Å²) in [5, 5.41) is 6.29. The van der Waals surface area contributed by atoms with Gasteiger partial charge in [-0.15, -0.1) is 0 Å². The average molecular weight is 340 g/mol. The number of H-pyrrole nitrogens is 1. The van der Waals surface area contributed by atoms with Gasteiger partial charge in [-0.2, -0.15) is 5.10 Å². The standard InChI is InChI=1S/C17H16N4O2S/c1-12(16(22)20-21-11-18-19-17(21)24)23-15-9-7-14(8-10-15)13-5-3-2-4-6-13/h2-12H,1H3,(H,19,24)(H,20,22)/t12-/m0/s1. The van der Waals surface area contributed by atoms with E-state index in [1.165, 1.54) is 11.0 Å². The van der Waals surface area contributed by atoms with Gasteiger partial charge in [0, 0.05) is 0 Å². The van der Waals surface area contributed by atoms with Gasteiger partial charge in [0.05, 0.1) is 0 Å². The highest BCUT2D eigenvalue weighted by Crippen LogP contribution is 2.22. The highest BCUT2D eigenvalue weighted by molar-refractivity contribution is 7.71. The highest BCUT2D eigenvalue weighted by atomic mass is 32.1. The Morgan fingerprint density at radius 3 is 2.46 bits per heavy atom. The van der Waals surface area contributed by atoms with E-state index in [2.05, 4.69) is 15.6 Å². The molecule has 0 fully saturated rings. The van der Waals surface area contributed by atoms with Gasteiger partial charge in [0.1, 0.15) is 12.1 Å². The van der Waals surface area contributed by atoms with E-state index in [4.69, 9.17) is 17.0 Å². The Morgan fingerprint density at radius 1 is 1.17 bits per heavy atom. The summed E-state index contributed by atoms with van der Waals surface area (Å²) >= 11 is 4.97. The minimum atomic E-state index is -0.677. The van der Waals surface area contributed by atoms with Crippen molar-refractivity contribution in [1.82, 2.24) is 14.9 Å². The molecule has 0 saturated carbocycles. The number of hydrogen-bond donors (Lipinski definition) is 2. The van der Waals surface area contributed by atoms with Crippen LogP contribution in [-0.2, 0) is 4.79 Å². The van der Waals surface area contributed by atoms with Gasteiger partial charge in [0.15, 0.2) is 6.10 Å². The number of aromatic amines is 1. The topological polar surface area (TPSA) is 71.9 Å². The van der Waals surface area contributed by atoms with Crippen LogP contribution in [0, 0.1) is 4.77 Å². The molecule has 2 aromatic carbocycles. The molecule has 1 atom stereocenters. The fourth-order valence-corrected chi connectivity index (χ4v) is 2.30. The first kappa shape index (κ1) is 15.9. The molecular formula is C17H16N4O2S. The van der Waals surface area contributed by atoms with Gasteiger partial charge < -0.3 is 4.74 Å². The van der Waals surface area contributed by atoms with Crippen molar-refractivity contribution in [2.24, 2.45) is 0 Å². The van der Waals surface area contributed by atoms with Crippen molar-refractivity contribution < 1.29 is 9.53 Å². The Bertz CT molecular complexity index is 871. The lowest BCUT2D eigenvalue weighted by atomic mass is 10.1. The monoisotopic (exact) mass is 340 g/mol. The molecule has 24 heavy (non-hydrogen) atoms. The molecule has 1 aromatic heterocycles. The number of ether oxygens (including phenoxy) is 1. The summed E-state index contributed by atoms with van der Waals surface area (Å²) in [7, 11) is 0. The molecule has 0 aliphatic rings. The Kier molecular flexibility index (Phi) is 4.72. The van der Waals surface area contributed by atoms with Crippen LogP contribution in [0.2, 0.25) is 0 Å². The van der Waals surface area contributed by atoms with Gasteiger partial charge in [0.2, 0.25) is 4.77 Å². The van der Waals surface area contributed by atoms with Crippen LogP contribution in [0.15, 0.2) is 60.9 Å². The zero-order valence-electron chi connectivity index (χ0n) is 13.0. The molecule has 0 aliphatic heterocycles. The SMILES string of the molecule is C[C@H](Oc1ccc(-c2ccccc2)cc1)C(=O)Nn1cn[nH]c1=S. The summed E-state index contributed by atoms with van der Waals surface area (Å²) in [6, 6.07) is 17.7. The first-order valence-electron chi connectivity index (χ1n) is 7.38. The molecular weight excluding hydrogens is 324 g/mol. The maximum absolute atomic E-state index is 12.1. The third-order valence-corrected chi connectivity index (χ3v) is 3.71. The maximum atomic E-state index is 12.1. The summed E-state index contributed by atoms with van der Waals surface area (Å²) in [5.41, 5.74) is 4.82. The lowest BCUT2D eigenvalue weighted by Crippen LogP contribution is -2.34. The third kappa shape index (κ3) is 3.69. The number of rotatable bonds is 5. The second-order valence-corrected chi connectivity index (χ2v) is 5.54. The summed E-state index contributed by atoms with van der Waals surface area (Å²) in [4.78, 5) is 12.1. The number of hydrogen-bond acceptors (Lipinski definition) is 4. The molecule has 0 bridgehead atoms. The van der Waals surface area contributed by atoms with E-state index in [-0.39, 0.29) is 5.91 Å². The van der Waals surface area contributed by atoms with Crippen LogP contribution in [-0.4, -0.2) is 26.9 Å². The van der Waals surface area contributed by atoms with E-state index in [9.17, 15) is 4.79 Å². The van der Waals surface area contributed by atoms with E-state index in [0.29, 0.717) is 10.5 Å². The van der Waals surface area contributed by atoms with Gasteiger partial charge in [-0.25, -0.2) is 4.68 Å². The molecule has 2 N–H and O–H groups in total. The number of nitrogens with one attached hydrogen (secondary N) is 2. The van der Waals surface area contributed by atoms with E-state index in [1.54, 1.807) is 6.92 Å². The van der Waals surface area contributed by atoms with Crippen LogP contribution >= 0.6 is 12.2 Å². The van der Waals surface area contributed by atoms with Crippen LogP contribution < -0.4 is 10.2 Å². The fraction of sp³-hybridized carbons (Fsp3) is 0.118. The largest absolute Gasteiger partial charge is 0.481 e. The Morgan fingerprint density at radius 2 is 1.83 bits per heavy atom. The van der Waals surface area contributed by atoms with Gasteiger partial charge in [0.25, 0.3) is 5.91 Å². The fourth-order valence-electron chi connectivity index (χ4n) is 2.15. The third-order valence-electron chi connectivity index (χ3n) is 3.43. The van der Waals surface area contributed by atoms with Crippen LogP contribution in [0.1, 0.15) is 6.92 Å². The summed E-state index contributed by atoms with van der Waals surface area (Å²) in [5.74, 6) is 0.299. The first-order chi connectivity index (χ1) is 11.6. The van der Waals surface area contributed by atoms with Gasteiger partial charge in [-0.3, -0.25) is 15.3 Å². The summed E-state index contributed by atoms with van der Waals surface area (Å²) < 4.78 is 7.30. The molecule has 0 radical (unpaired) electrons. The molecule has 0 spiro atoms. The first-order valence-corrected chi connectivity index (χ1v) is 7.79. The lowest BCUT2D eigenvalue weighted by molar-refractivity contribution is -0.123. The van der Waals surface area contributed by atoms with Crippen LogP contribution in [0.4, 0.5) is 0 Å². The predicted octanol–water partition coefficient (Wildman–Crippen LogP) is 3.15. The van der Waals surface area contributed by atoms with Crippen molar-refractivity contribution in [3.05, 3.63) is 65.7 Å². The molecule has 0 unspecified atom stereocenters. The Hall–Kier alpha value is -2.93. The minimum absolute atomic E-state index is 0.308. The Labute approximate surface area is 144 Å². The maximum Gasteiger partial charge on any atom is 0.279 e. The normalized spacial score (nSPS) is 11.7. The molecule has 1 heterocycles. The van der Waals surface area contributed by atoms with Crippen molar-refractivity contribution >= 4 is 18.1 Å². The minimum Gasteiger partial charge on any atom is -0.481 e. The number of benzene rings is 2. The van der Waals surface area contributed by atoms with E-state index in [1.807, 2.05) is 54.6 Å². The number of carbonyl (C=O) groups excluding carboxylic acids is 1. The van der Waals surface area contributed by atoms with Crippen LogP contribution in [0.3, 0.4) is 0 Å². The molecule has 6 nitrogen and oxygen atoms in total. The van der Waals surface area contributed by atoms with E-state index in [0.717, 1.165) is 11.1 Å². The van der Waals surface area contributed by atoms with Gasteiger partial charge >= 0.3 is 0 Å². The zero-order valence-corrected chi connectivity index (χ0v) is 13.8. The summed E-state index contributed by atoms with van der Waals surface area (Å²) in [6.07, 6.45) is 0.714. The predicted molar refractivity (Wildman–Crippen MR) is 93.7 cm³/mol. The van der Waals surface area contributed by atoms with Gasteiger partial charge in [-0.1, -0.05) is 42.5 Å². The van der Waals surface area contributed by atoms with Crippen molar-refractivity contribution in [2.75, 3.05) is 5.43 Å². The van der Waals surface area contributed by atoms with Crippen molar-refractivity contribution in [3.63, 3.8) is 0 Å². The quantitative estimate of drug-likeness (QED) is 0.700. The molecule has 7 heteroatoms.